The molecule has 0 spiro atoms. The van der Waals surface area contributed by atoms with Crippen LogP contribution in [0.15, 0.2) is 0 Å². The van der Waals surface area contributed by atoms with Gasteiger partial charge in [-0.15, -0.1) is 24.0 Å². The van der Waals surface area contributed by atoms with Crippen LogP contribution in [-0.4, -0.2) is 6.16 Å². The number of hydrogen-bond acceptors (Lipinski definition) is 0. The van der Waals surface area contributed by atoms with E-state index in [1.54, 1.807) is 0 Å². The van der Waals surface area contributed by atoms with Gasteiger partial charge >= 0.3 is 0 Å². The highest BCUT2D eigenvalue weighted by Crippen LogP contribution is 2.20. The predicted molar refractivity (Wildman–Crippen MR) is 52.9 cm³/mol. The third-order valence-corrected chi connectivity index (χ3v) is 2.65. The molecule has 0 aliphatic rings. The number of rotatable bonds is 2. The molecule has 0 aliphatic carbocycles. The van der Waals surface area contributed by atoms with Crippen LogP contribution in [0.2, 0.25) is 0 Å². The Morgan fingerprint density at radius 3 is 2.17 bits per heavy atom. The lowest BCUT2D eigenvalue weighted by Crippen LogP contribution is -1.57. The smallest absolute Gasteiger partial charge is 0.0265 e. The van der Waals surface area contributed by atoms with Crippen molar-refractivity contribution in [1.82, 2.24) is 0 Å². The van der Waals surface area contributed by atoms with E-state index in [1.165, 1.54) is 12.6 Å². The summed E-state index contributed by atoms with van der Waals surface area (Å²) in [6, 6.07) is 0. The van der Waals surface area contributed by atoms with E-state index in [-0.39, 0.29) is 24.0 Å². The molecule has 0 amide bonds. The van der Waals surface area contributed by atoms with Gasteiger partial charge in [-0.3, -0.25) is 0 Å². The summed E-state index contributed by atoms with van der Waals surface area (Å²) < 4.78 is 0. The summed E-state index contributed by atoms with van der Waals surface area (Å²) in [5, 5.41) is 0. The van der Waals surface area contributed by atoms with Crippen LogP contribution < -0.4 is 0 Å². The topological polar surface area (TPSA) is 0 Å². The van der Waals surface area contributed by atoms with Gasteiger partial charge in [-0.2, -0.15) is 0 Å². The predicted octanol–water partition coefficient (Wildman–Crippen LogP) is 3.04. The Hall–Kier alpha value is 1.89. The van der Waals surface area contributed by atoms with Crippen LogP contribution in [0.25, 0.3) is 0 Å². The number of halogens is 2. The summed E-state index contributed by atoms with van der Waals surface area (Å²) in [4.78, 5) is 0. The Balaban J connectivity index is 0. The molecule has 0 heterocycles. The fourth-order valence-corrected chi connectivity index (χ4v) is 1.90. The van der Waals surface area contributed by atoms with Gasteiger partial charge in [0.1, 0.15) is 0 Å². The molecule has 0 saturated heterocycles. The molecular weight excluding hydrogens is 321 g/mol. The van der Waals surface area contributed by atoms with Crippen LogP contribution in [0.5, 0.6) is 0 Å². The first-order valence-corrected chi connectivity index (χ1v) is 6.07. The maximum atomic E-state index is 2.42. The van der Waals surface area contributed by atoms with Crippen LogP contribution in [0.4, 0.5) is 0 Å². The minimum Gasteiger partial charge on any atom is -0.107 e. The minimum atomic E-state index is 0. The van der Waals surface area contributed by atoms with Gasteiger partial charge in [0.25, 0.3) is 0 Å². The lowest BCUT2D eigenvalue weighted by Gasteiger charge is -1.78. The van der Waals surface area contributed by atoms with Crippen molar-refractivity contribution < 1.29 is 0 Å². The zero-order chi connectivity index (χ0) is 4.12. The van der Waals surface area contributed by atoms with E-state index in [0.717, 1.165) is 6.22 Å². The molecule has 0 fully saturated rings. The Kier molecular flexibility index (Phi) is 18.0. The molecule has 40 valence electrons. The van der Waals surface area contributed by atoms with Gasteiger partial charge in [0, 0.05) is 0 Å². The minimum absolute atomic E-state index is 0. The van der Waals surface area contributed by atoms with E-state index >= 15 is 0 Å². The van der Waals surface area contributed by atoms with Crippen molar-refractivity contribution in [2.75, 3.05) is 6.16 Å². The first kappa shape index (κ1) is 10.8. The molecule has 0 N–H and O–H groups in total. The van der Waals surface area contributed by atoms with Crippen molar-refractivity contribution in [3.63, 3.8) is 0 Å². The SMILES string of the molecule is CCCPI.I. The van der Waals surface area contributed by atoms with Crippen molar-refractivity contribution in [3.8, 4) is 0 Å². The molecule has 0 aliphatic heterocycles. The molecule has 3 heteroatoms. The molecule has 1 atom stereocenters. The van der Waals surface area contributed by atoms with Gasteiger partial charge < -0.3 is 0 Å². The molecule has 1 unspecified atom stereocenters. The molecule has 0 aromatic heterocycles. The van der Waals surface area contributed by atoms with Crippen LogP contribution in [0.1, 0.15) is 13.3 Å². The molecule has 0 radical (unpaired) electrons. The van der Waals surface area contributed by atoms with E-state index in [0.29, 0.717) is 0 Å². The maximum Gasteiger partial charge on any atom is -0.0265 e. The number of hydrogen-bond donors (Lipinski definition) is 0. The highest BCUT2D eigenvalue weighted by molar-refractivity contribution is 14.2. The highest BCUT2D eigenvalue weighted by atomic mass is 127. The molecule has 0 aromatic rings. The second-order valence-electron chi connectivity index (χ2n) is 0.884. The fourth-order valence-electron chi connectivity index (χ4n) is 0.0945. The first-order valence-electron chi connectivity index (χ1n) is 1.75. The van der Waals surface area contributed by atoms with Crippen LogP contribution in [-0.2, 0) is 0 Å². The van der Waals surface area contributed by atoms with Crippen LogP contribution >= 0.6 is 52.2 Å². The second kappa shape index (κ2) is 10.00. The molecular formula is C3H9I2P. The third kappa shape index (κ3) is 9.31. The molecule has 0 nitrogen and oxygen atoms in total. The first-order chi connectivity index (χ1) is 2.41. The largest absolute Gasteiger partial charge is 0.107 e. The fraction of sp³-hybridized carbons (Fsp3) is 1.00. The summed E-state index contributed by atoms with van der Waals surface area (Å²) in [7, 11) is 0. The monoisotopic (exact) mass is 330 g/mol. The lowest BCUT2D eigenvalue weighted by atomic mass is 10.6. The second-order valence-corrected chi connectivity index (χ2v) is 3.94. The van der Waals surface area contributed by atoms with Crippen molar-refractivity contribution in [2.45, 2.75) is 13.3 Å². The summed E-state index contributed by atoms with van der Waals surface area (Å²) in [5.41, 5.74) is 0. The van der Waals surface area contributed by atoms with Gasteiger partial charge in [-0.05, 0) is 6.16 Å². The van der Waals surface area contributed by atoms with E-state index in [9.17, 15) is 0 Å². The van der Waals surface area contributed by atoms with E-state index < -0.39 is 0 Å². The van der Waals surface area contributed by atoms with Gasteiger partial charge in [-0.25, -0.2) is 0 Å². The quantitative estimate of drug-likeness (QED) is 0.539. The average Bonchev–Trinajstić information content (AvgIpc) is 1.41. The summed E-state index contributed by atoms with van der Waals surface area (Å²) in [6.45, 7) is 2.21. The third-order valence-electron chi connectivity index (χ3n) is 0.344. The molecule has 0 bridgehead atoms. The molecule has 0 rings (SSSR count). The Morgan fingerprint density at radius 2 is 2.17 bits per heavy atom. The summed E-state index contributed by atoms with van der Waals surface area (Å²) in [6.07, 6.45) is 3.88. The Labute approximate surface area is 71.1 Å². The molecule has 6 heavy (non-hydrogen) atoms. The summed E-state index contributed by atoms with van der Waals surface area (Å²) in [5.74, 6) is 0. The van der Waals surface area contributed by atoms with Crippen molar-refractivity contribution >= 4 is 52.2 Å². The zero-order valence-electron chi connectivity index (χ0n) is 3.70. The maximum absolute atomic E-state index is 2.42. The normalized spacial score (nSPS) is 9.00. The van der Waals surface area contributed by atoms with Gasteiger partial charge in [0.2, 0.25) is 0 Å². The standard InChI is InChI=1S/C3H8IP.HI/c1-2-3-5-4;/h5H,2-3H2,1H3;1H. The zero-order valence-corrected chi connectivity index (χ0v) is 9.19. The van der Waals surface area contributed by atoms with Crippen LogP contribution in [0.3, 0.4) is 0 Å². The highest BCUT2D eigenvalue weighted by Gasteiger charge is 1.69. The average molecular weight is 330 g/mol. The Bertz CT molecular complexity index is 16.3. The Morgan fingerprint density at radius 1 is 1.67 bits per heavy atom. The van der Waals surface area contributed by atoms with Crippen molar-refractivity contribution in [1.29, 1.82) is 0 Å². The molecule has 0 aromatic carbocycles. The molecule has 0 saturated carbocycles. The van der Waals surface area contributed by atoms with Crippen LogP contribution in [0, 0.1) is 0 Å². The summed E-state index contributed by atoms with van der Waals surface area (Å²) >= 11 is 2.42. The lowest BCUT2D eigenvalue weighted by molar-refractivity contribution is 1.11. The van der Waals surface area contributed by atoms with Crippen molar-refractivity contribution in [3.05, 3.63) is 0 Å². The van der Waals surface area contributed by atoms with Crippen molar-refractivity contribution in [2.24, 2.45) is 0 Å². The van der Waals surface area contributed by atoms with E-state index in [1.807, 2.05) is 0 Å². The van der Waals surface area contributed by atoms with E-state index in [4.69, 9.17) is 0 Å². The van der Waals surface area contributed by atoms with E-state index in [2.05, 4.69) is 29.0 Å². The van der Waals surface area contributed by atoms with Gasteiger partial charge in [0.05, 0.1) is 0 Å². The van der Waals surface area contributed by atoms with Gasteiger partial charge in [-0.1, -0.05) is 41.6 Å². The van der Waals surface area contributed by atoms with Gasteiger partial charge in [0.15, 0.2) is 0 Å².